The van der Waals surface area contributed by atoms with E-state index in [1.165, 1.54) is 0 Å². The molecule has 1 aromatic heterocycles. The number of rotatable bonds is 6. The number of nitrogens with one attached hydrogen (secondary N) is 1. The van der Waals surface area contributed by atoms with Gasteiger partial charge in [-0.15, -0.1) is 0 Å². The van der Waals surface area contributed by atoms with E-state index in [-0.39, 0.29) is 23.8 Å². The number of hydrogen-bond acceptors (Lipinski definition) is 6. The molecule has 2 N–H and O–H groups in total. The minimum Gasteiger partial charge on any atom is -0.396 e. The molecular weight excluding hydrogens is 330 g/mol. The number of carbonyl (C=O) groups is 1. The summed E-state index contributed by atoms with van der Waals surface area (Å²) in [4.78, 5) is 26.1. The molecule has 1 amide bonds. The fourth-order valence-corrected chi connectivity index (χ4v) is 3.79. The van der Waals surface area contributed by atoms with Crippen molar-refractivity contribution >= 4 is 11.7 Å². The van der Waals surface area contributed by atoms with Crippen LogP contribution in [-0.2, 0) is 0 Å². The summed E-state index contributed by atoms with van der Waals surface area (Å²) < 4.78 is 0. The first-order valence-corrected chi connectivity index (χ1v) is 9.51. The lowest BCUT2D eigenvalue weighted by Gasteiger charge is -2.40. The van der Waals surface area contributed by atoms with Crippen LogP contribution >= 0.6 is 0 Å². The zero-order valence-corrected chi connectivity index (χ0v) is 16.4. The first kappa shape index (κ1) is 19.0. The predicted molar refractivity (Wildman–Crippen MR) is 102 cm³/mol. The molecule has 0 unspecified atom stereocenters. The Kier molecular flexibility index (Phi) is 5.48. The number of nitrogens with zero attached hydrogens (tertiary/aromatic N) is 4. The Bertz CT molecular complexity index is 667. The van der Waals surface area contributed by atoms with Crippen molar-refractivity contribution in [2.45, 2.75) is 45.6 Å². The van der Waals surface area contributed by atoms with Crippen molar-refractivity contribution in [2.75, 3.05) is 45.2 Å². The third kappa shape index (κ3) is 3.69. The Labute approximate surface area is 155 Å². The average Bonchev–Trinajstić information content (AvgIpc) is 3.06. The van der Waals surface area contributed by atoms with Gasteiger partial charge in [0, 0.05) is 42.3 Å². The maximum absolute atomic E-state index is 12.6. The molecule has 0 aromatic carbocycles. The molecule has 26 heavy (non-hydrogen) atoms. The third-order valence-electron chi connectivity index (χ3n) is 6.13. The Morgan fingerprint density at radius 1 is 1.35 bits per heavy atom. The number of carbonyl (C=O) groups excluding carboxylic acids is 1. The predicted octanol–water partition coefficient (Wildman–Crippen LogP) is 1.13. The van der Waals surface area contributed by atoms with Crippen LogP contribution in [0.3, 0.4) is 0 Å². The smallest absolute Gasteiger partial charge is 0.289 e. The standard InChI is InChI=1S/C19H31N5O2/c1-13-14(2)21-16(18(26)20-11-19(12-25)7-5-8-19)22-17(13)24-9-6-15(10-24)23(3)4/h15,25H,5-12H2,1-4H3,(H,20,26)/t15-/m1/s1. The molecule has 1 saturated heterocycles. The van der Waals surface area contributed by atoms with E-state index in [9.17, 15) is 9.90 Å². The number of aliphatic hydroxyl groups is 1. The van der Waals surface area contributed by atoms with Gasteiger partial charge in [0.2, 0.25) is 5.82 Å². The Morgan fingerprint density at radius 2 is 2.08 bits per heavy atom. The van der Waals surface area contributed by atoms with E-state index >= 15 is 0 Å². The molecule has 7 nitrogen and oxygen atoms in total. The topological polar surface area (TPSA) is 81.6 Å². The van der Waals surface area contributed by atoms with Crippen molar-refractivity contribution in [3.05, 3.63) is 17.1 Å². The molecule has 1 aromatic rings. The molecule has 7 heteroatoms. The van der Waals surface area contributed by atoms with E-state index in [1.54, 1.807) is 0 Å². The van der Waals surface area contributed by atoms with Gasteiger partial charge in [-0.25, -0.2) is 9.97 Å². The summed E-state index contributed by atoms with van der Waals surface area (Å²) in [5.74, 6) is 0.841. The summed E-state index contributed by atoms with van der Waals surface area (Å²) >= 11 is 0. The molecule has 0 bridgehead atoms. The lowest BCUT2D eigenvalue weighted by molar-refractivity contribution is 0.0427. The second-order valence-electron chi connectivity index (χ2n) is 8.13. The van der Waals surface area contributed by atoms with Crippen LogP contribution in [0.15, 0.2) is 0 Å². The van der Waals surface area contributed by atoms with Crippen LogP contribution in [0.1, 0.15) is 47.6 Å². The van der Waals surface area contributed by atoms with Gasteiger partial charge in [0.05, 0.1) is 6.61 Å². The Hall–Kier alpha value is -1.73. The lowest BCUT2D eigenvalue weighted by atomic mass is 9.69. The number of hydrogen-bond donors (Lipinski definition) is 2. The summed E-state index contributed by atoms with van der Waals surface area (Å²) in [5, 5.41) is 12.5. The number of likely N-dealkylation sites (N-methyl/N-ethyl adjacent to an activating group) is 1. The summed E-state index contributed by atoms with van der Waals surface area (Å²) in [6.45, 7) is 6.41. The van der Waals surface area contributed by atoms with Crippen LogP contribution in [0, 0.1) is 19.3 Å². The molecule has 1 aliphatic heterocycles. The molecule has 2 heterocycles. The van der Waals surface area contributed by atoms with E-state index in [1.807, 2.05) is 13.8 Å². The molecular formula is C19H31N5O2. The van der Waals surface area contributed by atoms with E-state index in [0.717, 1.165) is 55.8 Å². The molecule has 0 radical (unpaired) electrons. The van der Waals surface area contributed by atoms with Crippen LogP contribution in [0.5, 0.6) is 0 Å². The van der Waals surface area contributed by atoms with Crippen molar-refractivity contribution < 1.29 is 9.90 Å². The Morgan fingerprint density at radius 3 is 2.62 bits per heavy atom. The van der Waals surface area contributed by atoms with Gasteiger partial charge in [-0.1, -0.05) is 6.42 Å². The first-order valence-electron chi connectivity index (χ1n) is 9.51. The fourth-order valence-electron chi connectivity index (χ4n) is 3.79. The van der Waals surface area contributed by atoms with Crippen molar-refractivity contribution in [1.29, 1.82) is 0 Å². The maximum atomic E-state index is 12.6. The zero-order chi connectivity index (χ0) is 18.9. The van der Waals surface area contributed by atoms with Gasteiger partial charge in [-0.3, -0.25) is 4.79 Å². The van der Waals surface area contributed by atoms with E-state index < -0.39 is 0 Å². The highest BCUT2D eigenvalue weighted by Gasteiger charge is 2.37. The summed E-state index contributed by atoms with van der Waals surface area (Å²) in [6, 6.07) is 0.505. The highest BCUT2D eigenvalue weighted by atomic mass is 16.3. The highest BCUT2D eigenvalue weighted by Crippen LogP contribution is 2.39. The lowest BCUT2D eigenvalue weighted by Crippen LogP contribution is -2.45. The second-order valence-corrected chi connectivity index (χ2v) is 8.13. The number of aliphatic hydroxyl groups excluding tert-OH is 1. The summed E-state index contributed by atoms with van der Waals surface area (Å²) in [5.41, 5.74) is 1.73. The van der Waals surface area contributed by atoms with E-state index in [0.29, 0.717) is 12.6 Å². The average molecular weight is 361 g/mol. The monoisotopic (exact) mass is 361 g/mol. The van der Waals surface area contributed by atoms with Crippen molar-refractivity contribution in [1.82, 2.24) is 20.2 Å². The molecule has 1 atom stereocenters. The quantitative estimate of drug-likeness (QED) is 0.790. The number of aromatic nitrogens is 2. The van der Waals surface area contributed by atoms with Gasteiger partial charge in [0.25, 0.3) is 5.91 Å². The van der Waals surface area contributed by atoms with Crippen LogP contribution in [0.2, 0.25) is 0 Å². The van der Waals surface area contributed by atoms with Gasteiger partial charge >= 0.3 is 0 Å². The molecule has 3 rings (SSSR count). The number of aryl methyl sites for hydroxylation is 1. The van der Waals surface area contributed by atoms with Crippen LogP contribution in [-0.4, -0.2) is 72.3 Å². The third-order valence-corrected chi connectivity index (χ3v) is 6.13. The van der Waals surface area contributed by atoms with Crippen LogP contribution < -0.4 is 10.2 Å². The normalized spacial score (nSPS) is 21.8. The molecule has 144 valence electrons. The molecule has 1 saturated carbocycles. The SMILES string of the molecule is Cc1nc(C(=O)NCC2(CO)CCC2)nc(N2CC[C@@H](N(C)C)C2)c1C. The minimum absolute atomic E-state index is 0.117. The number of anilines is 1. The van der Waals surface area contributed by atoms with Gasteiger partial charge in [0.1, 0.15) is 5.82 Å². The van der Waals surface area contributed by atoms with Gasteiger partial charge in [-0.2, -0.15) is 0 Å². The molecule has 2 fully saturated rings. The highest BCUT2D eigenvalue weighted by molar-refractivity contribution is 5.91. The maximum Gasteiger partial charge on any atom is 0.289 e. The van der Waals surface area contributed by atoms with Crippen molar-refractivity contribution in [3.8, 4) is 0 Å². The minimum atomic E-state index is -0.252. The van der Waals surface area contributed by atoms with Crippen molar-refractivity contribution in [2.24, 2.45) is 5.41 Å². The molecule has 1 aliphatic carbocycles. The van der Waals surface area contributed by atoms with Crippen LogP contribution in [0.4, 0.5) is 5.82 Å². The van der Waals surface area contributed by atoms with Gasteiger partial charge in [0.15, 0.2) is 0 Å². The van der Waals surface area contributed by atoms with Crippen molar-refractivity contribution in [3.63, 3.8) is 0 Å². The number of amides is 1. The fraction of sp³-hybridized carbons (Fsp3) is 0.737. The van der Waals surface area contributed by atoms with Crippen LogP contribution in [0.25, 0.3) is 0 Å². The first-order chi connectivity index (χ1) is 12.3. The second kappa shape index (κ2) is 7.48. The van der Waals surface area contributed by atoms with Gasteiger partial charge in [-0.05, 0) is 47.2 Å². The van der Waals surface area contributed by atoms with Gasteiger partial charge < -0.3 is 20.2 Å². The zero-order valence-electron chi connectivity index (χ0n) is 16.4. The van der Waals surface area contributed by atoms with E-state index in [2.05, 4.69) is 39.2 Å². The van der Waals surface area contributed by atoms with E-state index in [4.69, 9.17) is 0 Å². The molecule has 2 aliphatic rings. The summed E-state index contributed by atoms with van der Waals surface area (Å²) in [7, 11) is 4.20. The Balaban J connectivity index is 1.74. The largest absolute Gasteiger partial charge is 0.396 e. The summed E-state index contributed by atoms with van der Waals surface area (Å²) in [6.07, 6.45) is 4.13. The molecule has 0 spiro atoms.